The Morgan fingerprint density at radius 3 is 2.32 bits per heavy atom. The topological polar surface area (TPSA) is 33.7 Å². The maximum absolute atomic E-state index is 12.5. The quantitative estimate of drug-likeness (QED) is 0.792. The summed E-state index contributed by atoms with van der Waals surface area (Å²) >= 11 is 0. The zero-order valence-corrected chi connectivity index (χ0v) is 13.6. The first-order chi connectivity index (χ1) is 11.4. The first-order valence-electron chi connectivity index (χ1n) is 7.40. The molecule has 25 heavy (non-hydrogen) atoms. The van der Waals surface area contributed by atoms with E-state index in [1.165, 1.54) is 18.1 Å². The van der Waals surface area contributed by atoms with Crippen molar-refractivity contribution < 1.29 is 35.8 Å². The van der Waals surface area contributed by atoms with Crippen LogP contribution in [0.25, 0.3) is 0 Å². The lowest BCUT2D eigenvalue weighted by Gasteiger charge is -2.28. The van der Waals surface area contributed by atoms with Crippen LogP contribution in [0.4, 0.5) is 32.0 Å². The summed E-state index contributed by atoms with van der Waals surface area (Å²) in [6.07, 6.45) is -8.74. The minimum atomic E-state index is -4.86. The zero-order chi connectivity index (χ0) is 18.9. The molecule has 1 atom stereocenters. The highest BCUT2D eigenvalue weighted by Gasteiger charge is 2.39. The molecule has 0 aromatic heterocycles. The molecule has 0 saturated carbocycles. The number of halogens is 6. The summed E-state index contributed by atoms with van der Waals surface area (Å²) < 4.78 is 83.5. The van der Waals surface area contributed by atoms with Crippen LogP contribution in [0.2, 0.25) is 0 Å². The largest absolute Gasteiger partial charge is 0.573 e. The number of nitrogens with one attached hydrogen (secondary N) is 1. The summed E-state index contributed by atoms with van der Waals surface area (Å²) in [7, 11) is 1.29. The minimum Gasteiger partial charge on any atom is -0.497 e. The van der Waals surface area contributed by atoms with Crippen molar-refractivity contribution >= 4 is 5.69 Å². The Balaban J connectivity index is 2.12. The normalized spacial score (nSPS) is 22.1. The molecule has 1 unspecified atom stereocenters. The van der Waals surface area contributed by atoms with Gasteiger partial charge in [-0.05, 0) is 13.3 Å². The van der Waals surface area contributed by atoms with E-state index >= 15 is 0 Å². The average Bonchev–Trinajstić information content (AvgIpc) is 2.74. The van der Waals surface area contributed by atoms with Gasteiger partial charge in [-0.25, -0.2) is 0 Å². The molecule has 0 bridgehead atoms. The number of anilines is 1. The Hall–Kier alpha value is -1.84. The second kappa shape index (κ2) is 6.81. The second-order valence-electron chi connectivity index (χ2n) is 6.21. The van der Waals surface area contributed by atoms with E-state index in [1.54, 1.807) is 6.92 Å². The number of rotatable bonds is 5. The first kappa shape index (κ1) is 19.5. The van der Waals surface area contributed by atoms with Crippen molar-refractivity contribution in [2.24, 2.45) is 0 Å². The molecule has 1 aliphatic rings. The van der Waals surface area contributed by atoms with E-state index in [2.05, 4.69) is 10.1 Å². The molecule has 1 aliphatic heterocycles. The molecule has 0 aliphatic carbocycles. The van der Waals surface area contributed by atoms with Gasteiger partial charge >= 0.3 is 12.5 Å². The molecule has 142 valence electrons. The van der Waals surface area contributed by atoms with Crippen molar-refractivity contribution in [2.45, 2.75) is 31.4 Å². The van der Waals surface area contributed by atoms with E-state index < -0.39 is 30.4 Å². The molecule has 2 rings (SSSR count). The molecule has 1 N–H and O–H groups in total. The molecule has 4 nitrogen and oxygen atoms in total. The van der Waals surface area contributed by atoms with E-state index in [0.29, 0.717) is 6.42 Å². The summed E-state index contributed by atoms with van der Waals surface area (Å²) in [5, 5.41) is 3.00. The molecular formula is C15H18F6N2O2. The van der Waals surface area contributed by atoms with E-state index in [0.717, 1.165) is 12.1 Å². The Morgan fingerprint density at radius 2 is 1.76 bits per heavy atom. The van der Waals surface area contributed by atoms with Gasteiger partial charge in [0.1, 0.15) is 11.5 Å². The van der Waals surface area contributed by atoms with Crippen LogP contribution in [0.1, 0.15) is 13.3 Å². The van der Waals surface area contributed by atoms with E-state index in [1.807, 2.05) is 0 Å². The summed E-state index contributed by atoms with van der Waals surface area (Å²) in [5.74, 6) is -0.332. The number of hydrogen-bond acceptors (Lipinski definition) is 4. The van der Waals surface area contributed by atoms with Crippen molar-refractivity contribution in [1.82, 2.24) is 4.90 Å². The smallest absolute Gasteiger partial charge is 0.497 e. The molecular weight excluding hydrogens is 354 g/mol. The summed E-state index contributed by atoms with van der Waals surface area (Å²) in [5.41, 5.74) is -0.442. The molecule has 1 heterocycles. The van der Waals surface area contributed by atoms with Gasteiger partial charge in [0, 0.05) is 42.5 Å². The van der Waals surface area contributed by atoms with Gasteiger partial charge in [-0.3, -0.25) is 4.90 Å². The number of methoxy groups -OCH3 is 1. The number of nitrogens with zero attached hydrogens (tertiary/aromatic N) is 1. The van der Waals surface area contributed by atoms with Crippen LogP contribution in [0.5, 0.6) is 11.5 Å². The highest BCUT2D eigenvalue weighted by Crippen LogP contribution is 2.34. The fraction of sp³-hybridized carbons (Fsp3) is 0.600. The Morgan fingerprint density at radius 1 is 1.12 bits per heavy atom. The highest BCUT2D eigenvalue weighted by atomic mass is 19.4. The average molecular weight is 372 g/mol. The SMILES string of the molecule is COc1cc(NC2(C)CCN(CC(F)(F)F)C2)cc(OC(F)(F)F)c1. The minimum absolute atomic E-state index is 0.110. The van der Waals surface area contributed by atoms with Gasteiger partial charge < -0.3 is 14.8 Å². The molecule has 1 aromatic rings. The second-order valence-corrected chi connectivity index (χ2v) is 6.21. The van der Waals surface area contributed by atoms with Gasteiger partial charge in [-0.2, -0.15) is 13.2 Å². The molecule has 1 aromatic carbocycles. The Labute approximate surface area is 140 Å². The maximum atomic E-state index is 12.5. The Kier molecular flexibility index (Phi) is 5.31. The van der Waals surface area contributed by atoms with Crippen molar-refractivity contribution in [3.05, 3.63) is 18.2 Å². The summed E-state index contributed by atoms with van der Waals surface area (Å²) in [6, 6.07) is 3.67. The van der Waals surface area contributed by atoms with Crippen LogP contribution in [0.15, 0.2) is 18.2 Å². The van der Waals surface area contributed by atoms with E-state index in [4.69, 9.17) is 4.74 Å². The monoisotopic (exact) mass is 372 g/mol. The highest BCUT2D eigenvalue weighted by molar-refractivity contribution is 5.55. The van der Waals surface area contributed by atoms with E-state index in [9.17, 15) is 26.3 Å². The number of hydrogen-bond donors (Lipinski definition) is 1. The van der Waals surface area contributed by atoms with Crippen LogP contribution in [-0.4, -0.2) is 49.7 Å². The van der Waals surface area contributed by atoms with Crippen molar-refractivity contribution in [3.8, 4) is 11.5 Å². The number of likely N-dealkylation sites (tertiary alicyclic amines) is 1. The first-order valence-corrected chi connectivity index (χ1v) is 7.40. The van der Waals surface area contributed by atoms with Crippen LogP contribution < -0.4 is 14.8 Å². The number of alkyl halides is 6. The zero-order valence-electron chi connectivity index (χ0n) is 13.6. The van der Waals surface area contributed by atoms with Crippen molar-refractivity contribution in [3.63, 3.8) is 0 Å². The molecule has 10 heteroatoms. The molecule has 0 amide bonds. The van der Waals surface area contributed by atoms with E-state index in [-0.39, 0.29) is 24.5 Å². The molecule has 0 radical (unpaired) electrons. The van der Waals surface area contributed by atoms with Crippen LogP contribution in [-0.2, 0) is 0 Å². The maximum Gasteiger partial charge on any atom is 0.573 e. The van der Waals surface area contributed by atoms with Crippen LogP contribution in [0.3, 0.4) is 0 Å². The predicted octanol–water partition coefficient (Wildman–Crippen LogP) is 4.03. The van der Waals surface area contributed by atoms with Gasteiger partial charge in [0.15, 0.2) is 0 Å². The number of ether oxygens (including phenoxy) is 2. The lowest BCUT2D eigenvalue weighted by molar-refractivity contribution is -0.274. The standard InChI is InChI=1S/C15H18F6N2O2/c1-13(3-4-23(8-13)9-14(16,17)18)22-10-5-11(24-2)7-12(6-10)25-15(19,20)21/h5-7,22H,3-4,8-9H2,1-2H3. The summed E-state index contributed by atoms with van der Waals surface area (Å²) in [6.45, 7) is 1.04. The van der Waals surface area contributed by atoms with Crippen LogP contribution >= 0.6 is 0 Å². The van der Waals surface area contributed by atoms with Crippen molar-refractivity contribution in [1.29, 1.82) is 0 Å². The molecule has 0 spiro atoms. The van der Waals surface area contributed by atoms with Gasteiger partial charge in [-0.15, -0.1) is 13.2 Å². The fourth-order valence-corrected chi connectivity index (χ4v) is 2.85. The Bertz CT molecular complexity index is 605. The van der Waals surface area contributed by atoms with Crippen molar-refractivity contribution in [2.75, 3.05) is 32.1 Å². The molecule has 1 saturated heterocycles. The van der Waals surface area contributed by atoms with Gasteiger partial charge in [0.05, 0.1) is 13.7 Å². The third-order valence-corrected chi connectivity index (χ3v) is 3.75. The fourth-order valence-electron chi connectivity index (χ4n) is 2.85. The van der Waals surface area contributed by atoms with Gasteiger partial charge in [0.25, 0.3) is 0 Å². The lowest BCUT2D eigenvalue weighted by Crippen LogP contribution is -2.40. The van der Waals surface area contributed by atoms with Gasteiger partial charge in [-0.1, -0.05) is 0 Å². The molecule has 1 fully saturated rings. The van der Waals surface area contributed by atoms with Crippen LogP contribution in [0, 0.1) is 0 Å². The predicted molar refractivity (Wildman–Crippen MR) is 78.8 cm³/mol. The third kappa shape index (κ3) is 6.18. The summed E-state index contributed by atoms with van der Waals surface area (Å²) in [4.78, 5) is 1.25. The third-order valence-electron chi connectivity index (χ3n) is 3.75. The number of benzene rings is 1. The van der Waals surface area contributed by atoms with Gasteiger partial charge in [0.2, 0.25) is 0 Å². The lowest BCUT2D eigenvalue weighted by atomic mass is 10.0.